The molecule has 7 rings (SSSR count). The molecule has 2 aromatic heterocycles. The van der Waals surface area contributed by atoms with Crippen LogP contribution in [0.15, 0.2) is 0 Å². The van der Waals surface area contributed by atoms with Crippen LogP contribution in [0.2, 0.25) is 0 Å². The van der Waals surface area contributed by atoms with Gasteiger partial charge >= 0.3 is 6.01 Å². The Morgan fingerprint density at radius 3 is 2.65 bits per heavy atom. The van der Waals surface area contributed by atoms with Crippen molar-refractivity contribution in [3.05, 3.63) is 16.0 Å². The van der Waals surface area contributed by atoms with Gasteiger partial charge in [-0.05, 0) is 64.0 Å². The molecular formula is C28H37FN8O2S. The lowest BCUT2D eigenvalue weighted by atomic mass is 9.80. The minimum absolute atomic E-state index is 0.138. The molecule has 12 heteroatoms. The summed E-state index contributed by atoms with van der Waals surface area (Å²) in [5.41, 5.74) is 6.72. The molecule has 1 spiro atoms. The van der Waals surface area contributed by atoms with Crippen LogP contribution in [0.3, 0.4) is 0 Å². The molecule has 0 bridgehead atoms. The summed E-state index contributed by atoms with van der Waals surface area (Å²) >= 11 is 1.55. The molecule has 4 atom stereocenters. The maximum atomic E-state index is 14.4. The third-order valence-electron chi connectivity index (χ3n) is 9.90. The number of alkyl halides is 1. The fraction of sp³-hybridized carbons (Fsp3) is 0.714. The number of piperidine rings is 1. The smallest absolute Gasteiger partial charge is 0.323 e. The molecule has 0 saturated carbocycles. The van der Waals surface area contributed by atoms with Crippen molar-refractivity contribution in [1.82, 2.24) is 19.9 Å². The third-order valence-corrected chi connectivity index (χ3v) is 11.0. The molecule has 3 N–H and O–H groups in total. The van der Waals surface area contributed by atoms with Gasteiger partial charge in [0.25, 0.3) is 0 Å². The van der Waals surface area contributed by atoms with Crippen LogP contribution in [0.5, 0.6) is 6.01 Å². The number of thiophene rings is 1. The van der Waals surface area contributed by atoms with Gasteiger partial charge in [-0.1, -0.05) is 0 Å². The first kappa shape index (κ1) is 26.2. The summed E-state index contributed by atoms with van der Waals surface area (Å²) in [6.07, 6.45) is 6.00. The topological polar surface area (TPSA) is 128 Å². The van der Waals surface area contributed by atoms with Crippen LogP contribution in [-0.4, -0.2) is 88.1 Å². The number of fused-ring (bicyclic) bond motifs is 3. The summed E-state index contributed by atoms with van der Waals surface area (Å²) in [5.74, 6) is 1.05. The van der Waals surface area contributed by atoms with Gasteiger partial charge in [-0.25, -0.2) is 4.39 Å². The van der Waals surface area contributed by atoms with Crippen molar-refractivity contribution < 1.29 is 14.2 Å². The number of hydrogen-bond acceptors (Lipinski definition) is 11. The Morgan fingerprint density at radius 1 is 1.10 bits per heavy atom. The number of nitrogens with zero attached hydrogens (tertiary/aromatic N) is 7. The molecule has 1 unspecified atom stereocenters. The average molecular weight is 569 g/mol. The molecule has 214 valence electrons. The van der Waals surface area contributed by atoms with Crippen molar-refractivity contribution in [2.45, 2.75) is 81.0 Å². The Labute approximate surface area is 238 Å². The Kier molecular flexibility index (Phi) is 6.14. The Bertz CT molecular complexity index is 1360. The zero-order chi connectivity index (χ0) is 27.7. The molecule has 4 fully saturated rings. The van der Waals surface area contributed by atoms with E-state index < -0.39 is 11.8 Å². The first-order valence-corrected chi connectivity index (χ1v) is 15.3. The van der Waals surface area contributed by atoms with Gasteiger partial charge in [0.2, 0.25) is 11.9 Å². The van der Waals surface area contributed by atoms with Crippen LogP contribution in [0.1, 0.15) is 67.9 Å². The summed E-state index contributed by atoms with van der Waals surface area (Å²) in [6.45, 7) is 6.19. The van der Waals surface area contributed by atoms with Crippen molar-refractivity contribution in [3.63, 3.8) is 0 Å². The second-order valence-electron chi connectivity index (χ2n) is 12.8. The molecule has 0 aromatic carbocycles. The van der Waals surface area contributed by atoms with Gasteiger partial charge in [-0.2, -0.15) is 20.2 Å². The number of nitrogen functional groups attached to an aromatic ring is 1. The Hall–Kier alpha value is -2.75. The summed E-state index contributed by atoms with van der Waals surface area (Å²) in [7, 11) is 0. The highest BCUT2D eigenvalue weighted by Gasteiger charge is 2.50. The van der Waals surface area contributed by atoms with Crippen molar-refractivity contribution >= 4 is 28.2 Å². The molecule has 6 heterocycles. The van der Waals surface area contributed by atoms with Gasteiger partial charge < -0.3 is 25.4 Å². The van der Waals surface area contributed by atoms with Gasteiger partial charge in [0.15, 0.2) is 0 Å². The molecular weight excluding hydrogens is 531 g/mol. The van der Waals surface area contributed by atoms with E-state index in [2.05, 4.69) is 15.9 Å². The number of β-amino-alcohol motifs (C(OH)–C–C–N with tert-alkyl or cyclic N) is 1. The molecule has 0 amide bonds. The van der Waals surface area contributed by atoms with Crippen LogP contribution in [0.4, 0.5) is 21.3 Å². The van der Waals surface area contributed by atoms with E-state index in [1.54, 1.807) is 11.3 Å². The Balaban J connectivity index is 1.19. The zero-order valence-electron chi connectivity index (χ0n) is 23.0. The van der Waals surface area contributed by atoms with E-state index in [1.165, 1.54) is 4.88 Å². The first-order valence-electron chi connectivity index (χ1n) is 14.5. The quantitative estimate of drug-likeness (QED) is 0.556. The van der Waals surface area contributed by atoms with Gasteiger partial charge in [0.05, 0.1) is 16.7 Å². The van der Waals surface area contributed by atoms with Crippen molar-refractivity contribution in [3.8, 4) is 12.1 Å². The molecule has 5 aliphatic rings. The fourth-order valence-corrected chi connectivity index (χ4v) is 9.14. The molecule has 0 radical (unpaired) electrons. The lowest BCUT2D eigenvalue weighted by Crippen LogP contribution is -2.47. The molecule has 1 aliphatic carbocycles. The van der Waals surface area contributed by atoms with Crippen LogP contribution >= 0.6 is 11.3 Å². The minimum Gasteiger partial charge on any atom is -0.461 e. The lowest BCUT2D eigenvalue weighted by Gasteiger charge is -2.37. The molecule has 2 aromatic rings. The molecule has 10 nitrogen and oxygen atoms in total. The molecule has 40 heavy (non-hydrogen) atoms. The van der Waals surface area contributed by atoms with Gasteiger partial charge in [-0.3, -0.25) is 4.90 Å². The minimum atomic E-state index is -0.828. The number of aliphatic hydroxyl groups is 1. The summed E-state index contributed by atoms with van der Waals surface area (Å²) in [4.78, 5) is 22.1. The normalized spacial score (nSPS) is 33.5. The molecule has 4 saturated heterocycles. The van der Waals surface area contributed by atoms with Gasteiger partial charge in [0, 0.05) is 49.4 Å². The second-order valence-corrected chi connectivity index (χ2v) is 13.9. The number of hydrogen-bond donors (Lipinski definition) is 2. The highest BCUT2D eigenvalue weighted by Crippen LogP contribution is 2.52. The van der Waals surface area contributed by atoms with Crippen LogP contribution in [0, 0.1) is 11.3 Å². The zero-order valence-corrected chi connectivity index (χ0v) is 23.8. The maximum Gasteiger partial charge on any atom is 0.323 e. The number of rotatable bonds is 5. The first-order chi connectivity index (χ1) is 19.2. The maximum absolute atomic E-state index is 14.4. The lowest BCUT2D eigenvalue weighted by molar-refractivity contribution is 0.0443. The van der Waals surface area contributed by atoms with Crippen LogP contribution in [0.25, 0.3) is 0 Å². The van der Waals surface area contributed by atoms with Crippen molar-refractivity contribution in [1.29, 1.82) is 5.26 Å². The highest BCUT2D eigenvalue weighted by molar-refractivity contribution is 7.16. The van der Waals surface area contributed by atoms with Gasteiger partial charge in [-0.15, -0.1) is 11.3 Å². The standard InChI is InChI=1S/C28H37FN8O2S/c1-26(38)5-2-9-35(15-26)23-32-24(34-25(33-23)39-17-28-6-3-10-37(28)14-18(29)12-28)36-11-8-27(16-36)7-4-20-21(27)19(13-30)22(31)40-20/h18,38H,2-12,14-17,31H2,1H3/t18-,26-,27?,28+/m1/s1. The number of aromatic nitrogens is 3. The van der Waals surface area contributed by atoms with E-state index in [-0.39, 0.29) is 17.0 Å². The van der Waals surface area contributed by atoms with Crippen LogP contribution in [-0.2, 0) is 11.8 Å². The number of halogens is 1. The number of aryl methyl sites for hydroxylation is 1. The van der Waals surface area contributed by atoms with E-state index in [0.717, 1.165) is 70.1 Å². The van der Waals surface area contributed by atoms with Crippen LogP contribution < -0.4 is 20.3 Å². The fourth-order valence-electron chi connectivity index (χ4n) is 8.00. The van der Waals surface area contributed by atoms with E-state index >= 15 is 0 Å². The predicted molar refractivity (Wildman–Crippen MR) is 151 cm³/mol. The Morgan fingerprint density at radius 2 is 1.88 bits per heavy atom. The predicted octanol–water partition coefficient (Wildman–Crippen LogP) is 2.79. The number of nitrogens with two attached hydrogens (primary N) is 1. The average Bonchev–Trinajstić information content (AvgIpc) is 3.71. The monoisotopic (exact) mass is 568 g/mol. The second kappa shape index (κ2) is 9.39. The van der Waals surface area contributed by atoms with E-state index in [1.807, 2.05) is 11.8 Å². The highest BCUT2D eigenvalue weighted by atomic mass is 32.1. The number of ether oxygens (including phenoxy) is 1. The third kappa shape index (κ3) is 4.28. The van der Waals surface area contributed by atoms with Crippen molar-refractivity contribution in [2.75, 3.05) is 61.4 Å². The van der Waals surface area contributed by atoms with Gasteiger partial charge in [0.1, 0.15) is 23.8 Å². The number of anilines is 3. The summed E-state index contributed by atoms with van der Waals surface area (Å²) < 4.78 is 20.7. The SMILES string of the molecule is C[C@@]1(O)CCCN(c2nc(OC[C@@]34CCCN3C[C@H](F)C4)nc(N3CCC4(CCc5sc(N)c(C#N)c54)C3)n2)C1. The van der Waals surface area contributed by atoms with E-state index in [9.17, 15) is 14.8 Å². The number of nitriles is 1. The summed E-state index contributed by atoms with van der Waals surface area (Å²) in [6, 6.07) is 2.61. The van der Waals surface area contributed by atoms with E-state index in [4.69, 9.17) is 25.4 Å². The summed E-state index contributed by atoms with van der Waals surface area (Å²) in [5, 5.41) is 21.2. The molecule has 4 aliphatic heterocycles. The van der Waals surface area contributed by atoms with Crippen molar-refractivity contribution in [2.24, 2.45) is 0 Å². The largest absolute Gasteiger partial charge is 0.461 e. The van der Waals surface area contributed by atoms with E-state index in [0.29, 0.717) is 55.1 Å².